The third kappa shape index (κ3) is 5.50. The van der Waals surface area contributed by atoms with Crippen LogP contribution in [0.5, 0.6) is 0 Å². The van der Waals surface area contributed by atoms with Gasteiger partial charge in [-0.2, -0.15) is 5.26 Å². The monoisotopic (exact) mass is 266 g/mol. The third-order valence-corrected chi connectivity index (χ3v) is 3.05. The van der Waals surface area contributed by atoms with Crippen LogP contribution in [-0.4, -0.2) is 20.3 Å². The summed E-state index contributed by atoms with van der Waals surface area (Å²) in [6, 6.07) is 7.47. The van der Waals surface area contributed by atoms with Crippen molar-refractivity contribution in [2.24, 2.45) is 0 Å². The van der Waals surface area contributed by atoms with Crippen molar-refractivity contribution in [2.45, 2.75) is 25.8 Å². The first-order valence-electron chi connectivity index (χ1n) is 6.16. The van der Waals surface area contributed by atoms with E-state index in [-0.39, 0.29) is 0 Å². The summed E-state index contributed by atoms with van der Waals surface area (Å²) in [5.74, 6) is 0. The molecule has 0 radical (unpaired) electrons. The number of hydrogen-bond donors (Lipinski definition) is 1. The molecule has 0 bridgehead atoms. The van der Waals surface area contributed by atoms with Crippen LogP contribution in [0.3, 0.4) is 0 Å². The molecule has 1 aromatic carbocycles. The molecule has 0 amide bonds. The van der Waals surface area contributed by atoms with Crippen LogP contribution in [0.2, 0.25) is 5.02 Å². The number of benzene rings is 1. The molecule has 1 aromatic rings. The average Bonchev–Trinajstić information content (AvgIpc) is 2.39. The van der Waals surface area contributed by atoms with Crippen LogP contribution in [0.25, 0.3) is 0 Å². The first-order valence-corrected chi connectivity index (χ1v) is 6.54. The maximum atomic E-state index is 8.74. The fourth-order valence-electron chi connectivity index (χ4n) is 1.66. The van der Waals surface area contributed by atoms with E-state index in [1.54, 1.807) is 19.2 Å². The van der Waals surface area contributed by atoms with E-state index in [1.807, 2.05) is 6.07 Å². The molecule has 0 saturated carbocycles. The lowest BCUT2D eigenvalue weighted by Crippen LogP contribution is -2.15. The van der Waals surface area contributed by atoms with Gasteiger partial charge in [-0.25, -0.2) is 0 Å². The van der Waals surface area contributed by atoms with Gasteiger partial charge in [0.1, 0.15) is 0 Å². The van der Waals surface area contributed by atoms with E-state index in [9.17, 15) is 0 Å². The van der Waals surface area contributed by atoms with Gasteiger partial charge in [-0.1, -0.05) is 17.7 Å². The van der Waals surface area contributed by atoms with Gasteiger partial charge in [0.05, 0.1) is 11.6 Å². The second-order valence-corrected chi connectivity index (χ2v) is 4.56. The smallest absolute Gasteiger partial charge is 0.0992 e. The second kappa shape index (κ2) is 8.93. The largest absolute Gasteiger partial charge is 0.385 e. The van der Waals surface area contributed by atoms with Crippen LogP contribution in [0.4, 0.5) is 0 Å². The SMILES string of the molecule is COCCCCCNCc1ccc(C#N)cc1Cl. The molecule has 18 heavy (non-hydrogen) atoms. The van der Waals surface area contributed by atoms with Crippen molar-refractivity contribution < 1.29 is 4.74 Å². The minimum Gasteiger partial charge on any atom is -0.385 e. The Kier molecular flexibility index (Phi) is 7.43. The summed E-state index contributed by atoms with van der Waals surface area (Å²) in [6.45, 7) is 2.55. The molecule has 0 aliphatic rings. The normalized spacial score (nSPS) is 10.3. The molecule has 4 heteroatoms. The number of hydrogen-bond acceptors (Lipinski definition) is 3. The molecule has 0 spiro atoms. The van der Waals surface area contributed by atoms with Crippen molar-refractivity contribution in [3.8, 4) is 6.07 Å². The highest BCUT2D eigenvalue weighted by Crippen LogP contribution is 2.17. The summed E-state index contributed by atoms with van der Waals surface area (Å²) in [7, 11) is 1.73. The van der Waals surface area contributed by atoms with Crippen LogP contribution in [0, 0.1) is 11.3 Å². The highest BCUT2D eigenvalue weighted by atomic mass is 35.5. The van der Waals surface area contributed by atoms with E-state index < -0.39 is 0 Å². The predicted molar refractivity (Wildman–Crippen MR) is 73.6 cm³/mol. The van der Waals surface area contributed by atoms with Gasteiger partial charge in [-0.05, 0) is 43.5 Å². The van der Waals surface area contributed by atoms with Gasteiger partial charge in [0.15, 0.2) is 0 Å². The summed E-state index contributed by atoms with van der Waals surface area (Å²) in [4.78, 5) is 0. The minimum absolute atomic E-state index is 0.600. The van der Waals surface area contributed by atoms with Crippen molar-refractivity contribution in [3.63, 3.8) is 0 Å². The van der Waals surface area contributed by atoms with Crippen LogP contribution in [0.15, 0.2) is 18.2 Å². The van der Waals surface area contributed by atoms with Crippen molar-refractivity contribution in [1.29, 1.82) is 5.26 Å². The molecule has 0 aliphatic heterocycles. The molecule has 1 rings (SSSR count). The fraction of sp³-hybridized carbons (Fsp3) is 0.500. The van der Waals surface area contributed by atoms with Crippen LogP contribution in [0.1, 0.15) is 30.4 Å². The lowest BCUT2D eigenvalue weighted by Gasteiger charge is -2.07. The van der Waals surface area contributed by atoms with E-state index in [0.29, 0.717) is 10.6 Å². The Balaban J connectivity index is 2.21. The van der Waals surface area contributed by atoms with Crippen molar-refractivity contribution >= 4 is 11.6 Å². The molecular formula is C14H19ClN2O. The maximum absolute atomic E-state index is 8.74. The number of rotatable bonds is 8. The van der Waals surface area contributed by atoms with Gasteiger partial charge in [0, 0.05) is 25.3 Å². The van der Waals surface area contributed by atoms with Crippen molar-refractivity contribution in [1.82, 2.24) is 5.32 Å². The molecule has 0 aromatic heterocycles. The lowest BCUT2D eigenvalue weighted by atomic mass is 10.1. The standard InChI is InChI=1S/C14H19ClN2O/c1-18-8-4-2-3-7-17-11-13-6-5-12(10-16)9-14(13)15/h5-6,9,17H,2-4,7-8,11H2,1H3. The van der Waals surface area contributed by atoms with Gasteiger partial charge in [-0.3, -0.25) is 0 Å². The fourth-order valence-corrected chi connectivity index (χ4v) is 1.90. The molecule has 1 N–H and O–H groups in total. The molecule has 0 atom stereocenters. The number of nitrogens with zero attached hydrogens (tertiary/aromatic N) is 1. The van der Waals surface area contributed by atoms with Gasteiger partial charge >= 0.3 is 0 Å². The number of halogens is 1. The second-order valence-electron chi connectivity index (χ2n) is 4.15. The van der Waals surface area contributed by atoms with E-state index >= 15 is 0 Å². The summed E-state index contributed by atoms with van der Waals surface area (Å²) < 4.78 is 4.99. The Labute approximate surface area is 114 Å². The van der Waals surface area contributed by atoms with Crippen molar-refractivity contribution in [2.75, 3.05) is 20.3 Å². The van der Waals surface area contributed by atoms with Gasteiger partial charge in [-0.15, -0.1) is 0 Å². The number of ether oxygens (including phenoxy) is 1. The molecule has 0 aliphatic carbocycles. The number of methoxy groups -OCH3 is 1. The molecule has 0 saturated heterocycles. The summed E-state index contributed by atoms with van der Waals surface area (Å²) in [6.07, 6.45) is 3.41. The van der Waals surface area contributed by atoms with E-state index in [2.05, 4.69) is 11.4 Å². The van der Waals surface area contributed by atoms with Gasteiger partial charge in [0.25, 0.3) is 0 Å². The van der Waals surface area contributed by atoms with E-state index in [1.165, 1.54) is 6.42 Å². The Morgan fingerprint density at radius 3 is 2.83 bits per heavy atom. The van der Waals surface area contributed by atoms with Crippen LogP contribution < -0.4 is 5.32 Å². The van der Waals surface area contributed by atoms with Gasteiger partial charge in [0.2, 0.25) is 0 Å². The Morgan fingerprint density at radius 1 is 1.33 bits per heavy atom. The first kappa shape index (κ1) is 15.0. The Bertz CT molecular complexity index is 401. The van der Waals surface area contributed by atoms with E-state index in [0.717, 1.165) is 38.1 Å². The highest BCUT2D eigenvalue weighted by molar-refractivity contribution is 6.31. The molecule has 0 fully saturated rings. The average molecular weight is 267 g/mol. The Morgan fingerprint density at radius 2 is 2.17 bits per heavy atom. The van der Waals surface area contributed by atoms with E-state index in [4.69, 9.17) is 21.6 Å². The topological polar surface area (TPSA) is 45.0 Å². The Hall–Kier alpha value is -1.08. The summed E-state index contributed by atoms with van der Waals surface area (Å²) in [5.41, 5.74) is 1.64. The quantitative estimate of drug-likeness (QED) is 0.736. The predicted octanol–water partition coefficient (Wildman–Crippen LogP) is 3.12. The molecule has 3 nitrogen and oxygen atoms in total. The number of nitriles is 1. The minimum atomic E-state index is 0.600. The van der Waals surface area contributed by atoms with Crippen LogP contribution in [-0.2, 0) is 11.3 Å². The summed E-state index contributed by atoms with van der Waals surface area (Å²) >= 11 is 6.08. The summed E-state index contributed by atoms with van der Waals surface area (Å²) in [5, 5.41) is 12.7. The number of unbranched alkanes of at least 4 members (excludes halogenated alkanes) is 2. The maximum Gasteiger partial charge on any atom is 0.0992 e. The molecule has 0 unspecified atom stereocenters. The highest BCUT2D eigenvalue weighted by Gasteiger charge is 2.01. The molecule has 0 heterocycles. The first-order chi connectivity index (χ1) is 8.77. The van der Waals surface area contributed by atoms with Crippen LogP contribution >= 0.6 is 11.6 Å². The lowest BCUT2D eigenvalue weighted by molar-refractivity contribution is 0.192. The molecular weight excluding hydrogens is 248 g/mol. The molecule has 98 valence electrons. The zero-order valence-corrected chi connectivity index (χ0v) is 11.5. The van der Waals surface area contributed by atoms with Gasteiger partial charge < -0.3 is 10.1 Å². The zero-order chi connectivity index (χ0) is 13.2. The number of nitrogens with one attached hydrogen (secondary N) is 1. The third-order valence-electron chi connectivity index (χ3n) is 2.70. The zero-order valence-electron chi connectivity index (χ0n) is 10.7. The van der Waals surface area contributed by atoms with Crippen molar-refractivity contribution in [3.05, 3.63) is 34.3 Å².